The fraction of sp³-hybridized carbons (Fsp3) is 0.324. The Morgan fingerprint density at radius 1 is 0.848 bits per heavy atom. The minimum atomic E-state index is -4.11. The van der Waals surface area contributed by atoms with E-state index in [0.29, 0.717) is 18.5 Å². The number of nitrogens with zero attached hydrogens (tertiary/aromatic N) is 4. The first-order valence-corrected chi connectivity index (χ1v) is 17.6. The van der Waals surface area contributed by atoms with E-state index in [-0.39, 0.29) is 11.3 Å². The van der Waals surface area contributed by atoms with Gasteiger partial charge in [0.1, 0.15) is 11.3 Å². The van der Waals surface area contributed by atoms with Crippen molar-refractivity contribution in [2.45, 2.75) is 70.9 Å². The molecule has 2 aromatic heterocycles. The summed E-state index contributed by atoms with van der Waals surface area (Å²) < 4.78 is 31.8. The molecule has 1 N–H and O–H groups in total. The summed E-state index contributed by atoms with van der Waals surface area (Å²) >= 11 is 0. The molecule has 1 saturated heterocycles. The topological polar surface area (TPSA) is 97.2 Å². The number of fused-ring (bicyclic) bond motifs is 1. The molecular weight excluding hydrogens is 595 g/mol. The maximum absolute atomic E-state index is 13.7. The first-order valence-electron chi connectivity index (χ1n) is 16.1. The lowest BCUT2D eigenvalue weighted by Gasteiger charge is -2.18. The van der Waals surface area contributed by atoms with E-state index >= 15 is 0 Å². The molecule has 3 heterocycles. The van der Waals surface area contributed by atoms with Crippen LogP contribution in [0.4, 0.5) is 0 Å². The lowest BCUT2D eigenvalue weighted by atomic mass is 10.0. The molecule has 0 saturated carbocycles. The first kappa shape index (κ1) is 31.6. The number of imidazole rings is 1. The van der Waals surface area contributed by atoms with Gasteiger partial charge in [-0.25, -0.2) is 23.1 Å². The number of carbonyl (C=O) groups is 1. The van der Waals surface area contributed by atoms with Crippen LogP contribution in [0.1, 0.15) is 60.0 Å². The van der Waals surface area contributed by atoms with Crippen LogP contribution in [0.15, 0.2) is 83.8 Å². The standard InChI is InChI=1S/C37H41N5O3S/c1-4-34-39-36-26(2)22-27(3)38-37(36)42(34)25-29-12-16-31(17-13-29)32-23-30(24-41-20-8-9-21-41)14-18-33(32)46(44,45)40-35(43)19-15-28-10-6-5-7-11-28/h5-7,10-14,16-18,22-23H,4,8-9,15,19-21,24-25H2,1-3H3,(H,40,43). The van der Waals surface area contributed by atoms with Crippen molar-refractivity contribution in [1.29, 1.82) is 0 Å². The van der Waals surface area contributed by atoms with Gasteiger partial charge in [0, 0.05) is 30.6 Å². The maximum atomic E-state index is 13.7. The summed E-state index contributed by atoms with van der Waals surface area (Å²) in [4.78, 5) is 25.0. The molecule has 1 aliphatic rings. The van der Waals surface area contributed by atoms with Gasteiger partial charge in [0.25, 0.3) is 10.0 Å². The molecule has 0 bridgehead atoms. The highest BCUT2D eigenvalue weighted by atomic mass is 32.2. The van der Waals surface area contributed by atoms with Gasteiger partial charge in [-0.2, -0.15) is 0 Å². The van der Waals surface area contributed by atoms with Gasteiger partial charge in [-0.15, -0.1) is 0 Å². The first-order chi connectivity index (χ1) is 22.2. The molecule has 8 nitrogen and oxygen atoms in total. The number of aryl methyl sites for hydroxylation is 4. The second-order valence-corrected chi connectivity index (χ2v) is 13.9. The number of carbonyl (C=O) groups excluding carboxylic acids is 1. The second-order valence-electron chi connectivity index (χ2n) is 12.2. The number of rotatable bonds is 11. The van der Waals surface area contributed by atoms with Gasteiger partial charge in [0.05, 0.1) is 11.4 Å². The molecule has 5 aromatic rings. The van der Waals surface area contributed by atoms with Gasteiger partial charge in [-0.1, -0.05) is 67.6 Å². The van der Waals surface area contributed by atoms with Crippen LogP contribution in [0.5, 0.6) is 0 Å². The summed E-state index contributed by atoms with van der Waals surface area (Å²) in [6.45, 7) is 9.61. The van der Waals surface area contributed by atoms with Crippen molar-refractivity contribution in [3.63, 3.8) is 0 Å². The lowest BCUT2D eigenvalue weighted by molar-refractivity contribution is -0.119. The molecule has 0 spiro atoms. The van der Waals surface area contributed by atoms with Gasteiger partial charge in [-0.05, 0) is 92.2 Å². The van der Waals surface area contributed by atoms with E-state index in [2.05, 4.69) is 34.1 Å². The number of benzene rings is 3. The fourth-order valence-corrected chi connectivity index (χ4v) is 7.57. The minimum absolute atomic E-state index is 0.0803. The number of aromatic nitrogens is 3. The highest BCUT2D eigenvalue weighted by molar-refractivity contribution is 7.90. The number of nitrogens with one attached hydrogen (secondary N) is 1. The van der Waals surface area contributed by atoms with Crippen molar-refractivity contribution in [1.82, 2.24) is 24.2 Å². The predicted molar refractivity (Wildman–Crippen MR) is 182 cm³/mol. The van der Waals surface area contributed by atoms with Crippen LogP contribution in [-0.4, -0.2) is 46.8 Å². The number of likely N-dealkylation sites (tertiary alicyclic amines) is 1. The summed E-state index contributed by atoms with van der Waals surface area (Å²) in [5.74, 6) is 0.455. The Labute approximate surface area is 271 Å². The van der Waals surface area contributed by atoms with E-state index in [1.807, 2.05) is 73.7 Å². The largest absolute Gasteiger partial charge is 0.308 e. The van der Waals surface area contributed by atoms with Gasteiger partial charge in [0.2, 0.25) is 5.91 Å². The molecule has 0 radical (unpaired) electrons. The van der Waals surface area contributed by atoms with Gasteiger partial charge < -0.3 is 4.57 Å². The quantitative estimate of drug-likeness (QED) is 0.182. The predicted octanol–water partition coefficient (Wildman–Crippen LogP) is 6.36. The van der Waals surface area contributed by atoms with Crippen molar-refractivity contribution in [3.05, 3.63) is 113 Å². The van der Waals surface area contributed by atoms with Crippen LogP contribution >= 0.6 is 0 Å². The Bertz CT molecular complexity index is 1960. The molecule has 1 fully saturated rings. The van der Waals surface area contributed by atoms with E-state index in [1.165, 1.54) is 12.8 Å². The zero-order valence-corrected chi connectivity index (χ0v) is 27.6. The summed E-state index contributed by atoms with van der Waals surface area (Å²) in [7, 11) is -4.11. The molecule has 1 aliphatic heterocycles. The van der Waals surface area contributed by atoms with E-state index in [9.17, 15) is 13.2 Å². The molecule has 238 valence electrons. The molecule has 1 amide bonds. The highest BCUT2D eigenvalue weighted by Gasteiger charge is 2.23. The smallest absolute Gasteiger partial charge is 0.264 e. The number of sulfonamides is 1. The van der Waals surface area contributed by atoms with Crippen LogP contribution in [0, 0.1) is 13.8 Å². The zero-order chi connectivity index (χ0) is 32.3. The Morgan fingerprint density at radius 2 is 1.57 bits per heavy atom. The van der Waals surface area contributed by atoms with Crippen molar-refractivity contribution >= 4 is 27.1 Å². The van der Waals surface area contributed by atoms with Gasteiger partial charge in [-0.3, -0.25) is 9.69 Å². The van der Waals surface area contributed by atoms with Crippen molar-refractivity contribution in [2.24, 2.45) is 0 Å². The second kappa shape index (κ2) is 13.6. The number of hydrogen-bond acceptors (Lipinski definition) is 6. The van der Waals surface area contributed by atoms with Crippen molar-refractivity contribution in [2.75, 3.05) is 13.1 Å². The third-order valence-corrected chi connectivity index (χ3v) is 10.1. The molecule has 6 rings (SSSR count). The molecule has 0 atom stereocenters. The van der Waals surface area contributed by atoms with E-state index in [4.69, 9.17) is 9.97 Å². The minimum Gasteiger partial charge on any atom is -0.308 e. The summed E-state index contributed by atoms with van der Waals surface area (Å²) in [5.41, 5.74) is 8.33. The molecule has 0 unspecified atom stereocenters. The molecule has 46 heavy (non-hydrogen) atoms. The molecule has 3 aromatic carbocycles. The van der Waals surface area contributed by atoms with Gasteiger partial charge >= 0.3 is 0 Å². The van der Waals surface area contributed by atoms with E-state index < -0.39 is 15.9 Å². The van der Waals surface area contributed by atoms with Crippen LogP contribution < -0.4 is 4.72 Å². The summed E-state index contributed by atoms with van der Waals surface area (Å²) in [6, 6.07) is 25.1. The zero-order valence-electron chi connectivity index (χ0n) is 26.8. The molecule has 0 aliphatic carbocycles. The monoisotopic (exact) mass is 635 g/mol. The average molecular weight is 636 g/mol. The van der Waals surface area contributed by atoms with Crippen LogP contribution in [-0.2, 0) is 40.7 Å². The third-order valence-electron chi connectivity index (χ3n) is 8.69. The highest BCUT2D eigenvalue weighted by Crippen LogP contribution is 2.31. The lowest BCUT2D eigenvalue weighted by Crippen LogP contribution is -2.31. The third kappa shape index (κ3) is 7.06. The number of hydrogen-bond donors (Lipinski definition) is 1. The fourth-order valence-electron chi connectivity index (χ4n) is 6.35. The van der Waals surface area contributed by atoms with Crippen molar-refractivity contribution in [3.8, 4) is 11.1 Å². The molecular formula is C37H41N5O3S. The normalized spacial score (nSPS) is 13.8. The Hall–Kier alpha value is -4.34. The van der Waals surface area contributed by atoms with Crippen molar-refractivity contribution < 1.29 is 13.2 Å². The number of amides is 1. The Kier molecular flexibility index (Phi) is 9.33. The Morgan fingerprint density at radius 3 is 2.28 bits per heavy atom. The van der Waals surface area contributed by atoms with Gasteiger partial charge in [0.15, 0.2) is 5.65 Å². The number of pyridine rings is 1. The summed E-state index contributed by atoms with van der Waals surface area (Å²) in [6.07, 6.45) is 3.69. The Balaban J connectivity index is 1.29. The van der Waals surface area contributed by atoms with Crippen LogP contribution in [0.25, 0.3) is 22.3 Å². The van der Waals surface area contributed by atoms with E-state index in [1.54, 1.807) is 6.07 Å². The maximum Gasteiger partial charge on any atom is 0.264 e. The van der Waals surface area contributed by atoms with Crippen LogP contribution in [0.3, 0.4) is 0 Å². The van der Waals surface area contributed by atoms with Crippen LogP contribution in [0.2, 0.25) is 0 Å². The average Bonchev–Trinajstić information content (AvgIpc) is 3.68. The summed E-state index contributed by atoms with van der Waals surface area (Å²) in [5, 5.41) is 0. The van der Waals surface area contributed by atoms with E-state index in [0.717, 1.165) is 76.6 Å². The SMILES string of the molecule is CCc1nc2c(C)cc(C)nc2n1Cc1ccc(-c2cc(CN3CCCC3)ccc2S(=O)(=O)NC(=O)CCc2ccccc2)cc1. The molecule has 9 heteroatoms.